The zero-order valence-corrected chi connectivity index (χ0v) is 11.1. The predicted molar refractivity (Wildman–Crippen MR) is 72.3 cm³/mol. The highest BCUT2D eigenvalue weighted by Crippen LogP contribution is 2.24. The monoisotopic (exact) mass is 234 g/mol. The van der Waals surface area contributed by atoms with Crippen molar-refractivity contribution in [3.8, 4) is 0 Å². The summed E-state index contributed by atoms with van der Waals surface area (Å²) in [5, 5.41) is 6.08. The first-order valence-electron chi connectivity index (χ1n) is 6.19. The zero-order valence-electron chi connectivity index (χ0n) is 11.1. The fourth-order valence-electron chi connectivity index (χ4n) is 1.76. The molecule has 94 valence electrons. The van der Waals surface area contributed by atoms with E-state index in [-0.39, 0.29) is 11.9 Å². The summed E-state index contributed by atoms with van der Waals surface area (Å²) in [6, 6.07) is 7.91. The van der Waals surface area contributed by atoms with Crippen LogP contribution in [0.25, 0.3) is 0 Å². The minimum absolute atomic E-state index is 0.0334. The Bertz CT molecular complexity index is 374. The Kier molecular flexibility index (Phi) is 5.01. The first-order chi connectivity index (χ1) is 8.06. The van der Waals surface area contributed by atoms with Crippen LogP contribution in [-0.2, 0) is 4.79 Å². The second-order valence-corrected chi connectivity index (χ2v) is 4.50. The molecule has 0 aliphatic rings. The predicted octanol–water partition coefficient (Wildman–Crippen LogP) is 2.75. The third-order valence-electron chi connectivity index (χ3n) is 2.70. The van der Waals surface area contributed by atoms with E-state index in [1.54, 1.807) is 0 Å². The van der Waals surface area contributed by atoms with E-state index in [1.807, 2.05) is 32.0 Å². The van der Waals surface area contributed by atoms with Gasteiger partial charge in [0.1, 0.15) is 6.04 Å². The molecule has 3 nitrogen and oxygen atoms in total. The summed E-state index contributed by atoms with van der Waals surface area (Å²) >= 11 is 0. The van der Waals surface area contributed by atoms with E-state index in [1.165, 1.54) is 5.56 Å². The number of carbonyl (C=O) groups excluding carboxylic acids is 1. The molecule has 2 N–H and O–H groups in total. The number of nitrogens with one attached hydrogen (secondary N) is 2. The first-order valence-corrected chi connectivity index (χ1v) is 6.19. The quantitative estimate of drug-likeness (QED) is 0.822. The van der Waals surface area contributed by atoms with E-state index in [4.69, 9.17) is 0 Å². The summed E-state index contributed by atoms with van der Waals surface area (Å²) in [5.74, 6) is 0.478. The van der Waals surface area contributed by atoms with Crippen molar-refractivity contribution < 1.29 is 4.79 Å². The molecule has 1 unspecified atom stereocenters. The van der Waals surface area contributed by atoms with Gasteiger partial charge in [0, 0.05) is 12.2 Å². The smallest absolute Gasteiger partial charge is 0.242 e. The maximum atomic E-state index is 11.7. The third kappa shape index (κ3) is 3.77. The van der Waals surface area contributed by atoms with Crippen LogP contribution in [0, 0.1) is 0 Å². The molecular formula is C14H22N2O. The minimum atomic E-state index is -0.213. The molecular weight excluding hydrogens is 212 g/mol. The Morgan fingerprint density at radius 3 is 2.47 bits per heavy atom. The Labute approximate surface area is 104 Å². The molecule has 0 aromatic heterocycles. The molecule has 17 heavy (non-hydrogen) atoms. The van der Waals surface area contributed by atoms with E-state index >= 15 is 0 Å². The number of anilines is 1. The largest absolute Gasteiger partial charge is 0.374 e. The van der Waals surface area contributed by atoms with Gasteiger partial charge in [-0.25, -0.2) is 0 Å². The second-order valence-electron chi connectivity index (χ2n) is 4.50. The number of para-hydroxylation sites is 1. The summed E-state index contributed by atoms with van der Waals surface area (Å²) < 4.78 is 0. The molecule has 0 bridgehead atoms. The molecule has 0 aliphatic carbocycles. The van der Waals surface area contributed by atoms with Gasteiger partial charge in [0.15, 0.2) is 0 Å². The lowest BCUT2D eigenvalue weighted by Gasteiger charge is -2.19. The Hall–Kier alpha value is -1.51. The molecule has 3 heteroatoms. The molecule has 1 rings (SSSR count). The Morgan fingerprint density at radius 2 is 1.88 bits per heavy atom. The van der Waals surface area contributed by atoms with Crippen LogP contribution in [0.2, 0.25) is 0 Å². The maximum Gasteiger partial charge on any atom is 0.242 e. The van der Waals surface area contributed by atoms with Crippen molar-refractivity contribution in [2.45, 2.75) is 39.7 Å². The molecule has 0 saturated carbocycles. The van der Waals surface area contributed by atoms with E-state index in [9.17, 15) is 4.79 Å². The molecule has 1 amide bonds. The van der Waals surface area contributed by atoms with Crippen LogP contribution in [0.3, 0.4) is 0 Å². The van der Waals surface area contributed by atoms with Gasteiger partial charge in [-0.05, 0) is 31.4 Å². The van der Waals surface area contributed by atoms with E-state index in [0.29, 0.717) is 12.5 Å². The Balaban J connectivity index is 2.77. The standard InChI is InChI=1S/C14H22N2O/c1-5-15-14(17)11(4)16-13-9-7-6-8-12(13)10(2)3/h6-11,16H,5H2,1-4H3,(H,15,17). The average molecular weight is 234 g/mol. The van der Waals surface area contributed by atoms with Gasteiger partial charge in [0.05, 0.1) is 0 Å². The van der Waals surface area contributed by atoms with Crippen molar-refractivity contribution in [1.29, 1.82) is 0 Å². The molecule has 0 radical (unpaired) electrons. The van der Waals surface area contributed by atoms with Crippen LogP contribution in [0.1, 0.15) is 39.2 Å². The van der Waals surface area contributed by atoms with Crippen LogP contribution < -0.4 is 10.6 Å². The first kappa shape index (κ1) is 13.6. The molecule has 0 fully saturated rings. The van der Waals surface area contributed by atoms with Gasteiger partial charge in [0.2, 0.25) is 5.91 Å². The second kappa shape index (κ2) is 6.28. The number of hydrogen-bond acceptors (Lipinski definition) is 2. The number of hydrogen-bond donors (Lipinski definition) is 2. The summed E-state index contributed by atoms with van der Waals surface area (Å²) in [6.07, 6.45) is 0. The van der Waals surface area contributed by atoms with Gasteiger partial charge < -0.3 is 10.6 Å². The van der Waals surface area contributed by atoms with Crippen LogP contribution >= 0.6 is 0 Å². The van der Waals surface area contributed by atoms with Crippen LogP contribution in [-0.4, -0.2) is 18.5 Å². The number of likely N-dealkylation sites (N-methyl/N-ethyl adjacent to an activating group) is 1. The van der Waals surface area contributed by atoms with Crippen molar-refractivity contribution in [3.05, 3.63) is 29.8 Å². The number of rotatable bonds is 5. The van der Waals surface area contributed by atoms with E-state index in [0.717, 1.165) is 5.69 Å². The summed E-state index contributed by atoms with van der Waals surface area (Å²) in [4.78, 5) is 11.7. The number of benzene rings is 1. The van der Waals surface area contributed by atoms with Crippen molar-refractivity contribution >= 4 is 11.6 Å². The molecule has 0 heterocycles. The number of amides is 1. The van der Waals surface area contributed by atoms with Gasteiger partial charge in [-0.2, -0.15) is 0 Å². The summed E-state index contributed by atoms with van der Waals surface area (Å²) in [5.41, 5.74) is 2.28. The van der Waals surface area contributed by atoms with Gasteiger partial charge in [-0.3, -0.25) is 4.79 Å². The maximum absolute atomic E-state index is 11.7. The van der Waals surface area contributed by atoms with E-state index in [2.05, 4.69) is 30.5 Å². The molecule has 0 spiro atoms. The molecule has 0 aliphatic heterocycles. The molecule has 0 saturated heterocycles. The topological polar surface area (TPSA) is 41.1 Å². The number of carbonyl (C=O) groups is 1. The summed E-state index contributed by atoms with van der Waals surface area (Å²) in [7, 11) is 0. The van der Waals surface area contributed by atoms with Gasteiger partial charge in [-0.1, -0.05) is 32.0 Å². The highest BCUT2D eigenvalue weighted by Gasteiger charge is 2.13. The van der Waals surface area contributed by atoms with Crippen molar-refractivity contribution in [2.75, 3.05) is 11.9 Å². The third-order valence-corrected chi connectivity index (χ3v) is 2.70. The lowest BCUT2D eigenvalue weighted by molar-refractivity contribution is -0.121. The van der Waals surface area contributed by atoms with Crippen molar-refractivity contribution in [2.24, 2.45) is 0 Å². The lowest BCUT2D eigenvalue weighted by atomic mass is 10.0. The van der Waals surface area contributed by atoms with Crippen LogP contribution in [0.15, 0.2) is 24.3 Å². The van der Waals surface area contributed by atoms with Gasteiger partial charge in [-0.15, -0.1) is 0 Å². The zero-order chi connectivity index (χ0) is 12.8. The fourth-order valence-corrected chi connectivity index (χ4v) is 1.76. The van der Waals surface area contributed by atoms with Gasteiger partial charge in [0.25, 0.3) is 0 Å². The van der Waals surface area contributed by atoms with Crippen molar-refractivity contribution in [1.82, 2.24) is 5.32 Å². The minimum Gasteiger partial charge on any atom is -0.374 e. The van der Waals surface area contributed by atoms with Crippen LogP contribution in [0.4, 0.5) is 5.69 Å². The average Bonchev–Trinajstić information content (AvgIpc) is 2.29. The molecule has 1 atom stereocenters. The van der Waals surface area contributed by atoms with Crippen LogP contribution in [0.5, 0.6) is 0 Å². The van der Waals surface area contributed by atoms with Gasteiger partial charge >= 0.3 is 0 Å². The lowest BCUT2D eigenvalue weighted by Crippen LogP contribution is -2.37. The normalized spacial score (nSPS) is 12.3. The summed E-state index contributed by atoms with van der Waals surface area (Å²) in [6.45, 7) is 8.76. The highest BCUT2D eigenvalue weighted by atomic mass is 16.2. The molecule has 1 aromatic rings. The SMILES string of the molecule is CCNC(=O)C(C)Nc1ccccc1C(C)C. The van der Waals surface area contributed by atoms with Crippen molar-refractivity contribution in [3.63, 3.8) is 0 Å². The molecule has 1 aromatic carbocycles. The highest BCUT2D eigenvalue weighted by molar-refractivity contribution is 5.84. The van der Waals surface area contributed by atoms with E-state index < -0.39 is 0 Å². The Morgan fingerprint density at radius 1 is 1.24 bits per heavy atom. The fraction of sp³-hybridized carbons (Fsp3) is 0.500.